The van der Waals surface area contributed by atoms with Gasteiger partial charge in [0.05, 0.1) is 0 Å². The van der Waals surface area contributed by atoms with Gasteiger partial charge in [0.1, 0.15) is 0 Å². The van der Waals surface area contributed by atoms with Gasteiger partial charge in [0.15, 0.2) is 0 Å². The van der Waals surface area contributed by atoms with E-state index in [4.69, 9.17) is 0 Å². The van der Waals surface area contributed by atoms with Gasteiger partial charge in [0.2, 0.25) is 0 Å². The minimum atomic E-state index is 0.443. The van der Waals surface area contributed by atoms with Crippen LogP contribution < -0.4 is 0 Å². The maximum Gasteiger partial charge on any atom is -0.0114 e. The first-order valence-corrected chi connectivity index (χ1v) is 6.62. The monoisotopic (exact) mass is 206 g/mol. The molecule has 15 heavy (non-hydrogen) atoms. The lowest BCUT2D eigenvalue weighted by molar-refractivity contribution is 0.0503. The fourth-order valence-corrected chi connectivity index (χ4v) is 4.38. The summed E-state index contributed by atoms with van der Waals surface area (Å²) >= 11 is 0. The molecule has 1 fully saturated rings. The van der Waals surface area contributed by atoms with Crippen LogP contribution in [-0.4, -0.2) is 0 Å². The molecule has 0 aromatic heterocycles. The van der Waals surface area contributed by atoms with E-state index in [1.807, 2.05) is 0 Å². The largest absolute Gasteiger partial charge is 0.0845 e. The molecule has 2 aliphatic rings. The molecule has 1 unspecified atom stereocenters. The van der Waals surface area contributed by atoms with E-state index in [2.05, 4.69) is 40.7 Å². The molecule has 0 aromatic carbocycles. The first kappa shape index (κ1) is 11.2. The Morgan fingerprint density at radius 2 is 2.00 bits per heavy atom. The van der Waals surface area contributed by atoms with Crippen LogP contribution in [0.25, 0.3) is 0 Å². The summed E-state index contributed by atoms with van der Waals surface area (Å²) in [5.74, 6) is 1.85. The summed E-state index contributed by atoms with van der Waals surface area (Å²) < 4.78 is 0. The third-order valence-electron chi connectivity index (χ3n) is 5.90. The van der Waals surface area contributed by atoms with Crippen molar-refractivity contribution in [1.82, 2.24) is 0 Å². The number of rotatable bonds is 1. The summed E-state index contributed by atoms with van der Waals surface area (Å²) in [6.45, 7) is 12.1. The van der Waals surface area contributed by atoms with Crippen LogP contribution >= 0.6 is 0 Å². The molecule has 0 aliphatic heterocycles. The van der Waals surface area contributed by atoms with Gasteiger partial charge in [-0.1, -0.05) is 39.3 Å². The van der Waals surface area contributed by atoms with Gasteiger partial charge in [-0.15, -0.1) is 0 Å². The lowest BCUT2D eigenvalue weighted by Gasteiger charge is -2.50. The highest BCUT2D eigenvalue weighted by Crippen LogP contribution is 2.62. The molecule has 0 heteroatoms. The Labute approximate surface area is 95.1 Å². The van der Waals surface area contributed by atoms with Gasteiger partial charge in [0, 0.05) is 0 Å². The molecular formula is C15H26. The summed E-state index contributed by atoms with van der Waals surface area (Å²) in [4.78, 5) is 0. The van der Waals surface area contributed by atoms with Gasteiger partial charge < -0.3 is 0 Å². The van der Waals surface area contributed by atoms with Crippen molar-refractivity contribution in [1.29, 1.82) is 0 Å². The molecule has 0 heterocycles. The van der Waals surface area contributed by atoms with Crippen molar-refractivity contribution >= 4 is 0 Å². The molecule has 0 radical (unpaired) electrons. The van der Waals surface area contributed by atoms with Crippen LogP contribution in [-0.2, 0) is 0 Å². The Bertz CT molecular complexity index is 284. The van der Waals surface area contributed by atoms with Crippen molar-refractivity contribution in [3.05, 3.63) is 11.6 Å². The zero-order valence-electron chi connectivity index (χ0n) is 11.1. The van der Waals surface area contributed by atoms with Crippen LogP contribution in [0.1, 0.15) is 60.3 Å². The minimum Gasteiger partial charge on any atom is -0.0845 e. The van der Waals surface area contributed by atoms with Gasteiger partial charge in [-0.25, -0.2) is 0 Å². The Balaban J connectivity index is 2.43. The summed E-state index contributed by atoms with van der Waals surface area (Å²) in [5.41, 5.74) is 2.70. The normalized spacial score (nSPS) is 43.7. The Kier molecular flexibility index (Phi) is 2.52. The van der Waals surface area contributed by atoms with E-state index in [1.54, 1.807) is 5.57 Å². The molecule has 0 amide bonds. The quantitative estimate of drug-likeness (QED) is 0.540. The summed E-state index contributed by atoms with van der Waals surface area (Å²) in [6.07, 6.45) is 8.13. The highest BCUT2D eigenvalue weighted by molar-refractivity contribution is 5.21. The van der Waals surface area contributed by atoms with Crippen LogP contribution in [0.15, 0.2) is 11.6 Å². The van der Waals surface area contributed by atoms with Crippen molar-refractivity contribution in [2.24, 2.45) is 22.7 Å². The van der Waals surface area contributed by atoms with Crippen molar-refractivity contribution in [3.8, 4) is 0 Å². The maximum atomic E-state index is 2.53. The zero-order valence-corrected chi connectivity index (χ0v) is 11.1. The molecule has 0 nitrogen and oxygen atoms in total. The van der Waals surface area contributed by atoms with Gasteiger partial charge in [-0.2, -0.15) is 0 Å². The predicted molar refractivity (Wildman–Crippen MR) is 66.8 cm³/mol. The van der Waals surface area contributed by atoms with Gasteiger partial charge >= 0.3 is 0 Å². The van der Waals surface area contributed by atoms with Crippen molar-refractivity contribution in [2.75, 3.05) is 0 Å². The first-order chi connectivity index (χ1) is 6.95. The second-order valence-corrected chi connectivity index (χ2v) is 6.43. The SMILES string of the molecule is CC[C@]12CC=C(C)C(C)(C)C1CC[C@H]2C. The summed E-state index contributed by atoms with van der Waals surface area (Å²) in [6, 6.07) is 0. The molecule has 2 rings (SSSR count). The number of fused-ring (bicyclic) bond motifs is 1. The summed E-state index contributed by atoms with van der Waals surface area (Å²) in [7, 11) is 0. The third-order valence-corrected chi connectivity index (χ3v) is 5.90. The van der Waals surface area contributed by atoms with Crippen molar-refractivity contribution in [3.63, 3.8) is 0 Å². The van der Waals surface area contributed by atoms with Crippen molar-refractivity contribution in [2.45, 2.75) is 60.3 Å². The van der Waals surface area contributed by atoms with E-state index >= 15 is 0 Å². The molecule has 0 bridgehead atoms. The molecule has 3 atom stereocenters. The zero-order chi connectivity index (χ0) is 11.3. The lowest BCUT2D eigenvalue weighted by atomic mass is 9.55. The molecule has 0 saturated heterocycles. The summed E-state index contributed by atoms with van der Waals surface area (Å²) in [5, 5.41) is 0. The average Bonchev–Trinajstić information content (AvgIpc) is 2.52. The fraction of sp³-hybridized carbons (Fsp3) is 0.867. The van der Waals surface area contributed by atoms with E-state index in [0.717, 1.165) is 11.8 Å². The second-order valence-electron chi connectivity index (χ2n) is 6.43. The third kappa shape index (κ3) is 1.33. The van der Waals surface area contributed by atoms with Gasteiger partial charge in [0.25, 0.3) is 0 Å². The first-order valence-electron chi connectivity index (χ1n) is 6.62. The number of hydrogen-bond acceptors (Lipinski definition) is 0. The van der Waals surface area contributed by atoms with Gasteiger partial charge in [-0.05, 0) is 55.3 Å². The Morgan fingerprint density at radius 1 is 1.33 bits per heavy atom. The van der Waals surface area contributed by atoms with Gasteiger partial charge in [-0.3, -0.25) is 0 Å². The minimum absolute atomic E-state index is 0.443. The Morgan fingerprint density at radius 3 is 2.60 bits per heavy atom. The standard InChI is InChI=1S/C15H26/c1-6-15-10-9-11(2)14(4,5)13(15)8-7-12(15)3/h9,12-13H,6-8,10H2,1-5H3/t12-,13?,15-/m1/s1. The topological polar surface area (TPSA) is 0 Å². The van der Waals surface area contributed by atoms with Crippen LogP contribution in [0.5, 0.6) is 0 Å². The van der Waals surface area contributed by atoms with E-state index in [9.17, 15) is 0 Å². The smallest absolute Gasteiger partial charge is 0.0114 e. The number of allylic oxidation sites excluding steroid dienone is 2. The molecule has 1 saturated carbocycles. The molecule has 0 spiro atoms. The van der Waals surface area contributed by atoms with E-state index in [-0.39, 0.29) is 0 Å². The molecule has 2 aliphatic carbocycles. The maximum absolute atomic E-state index is 2.53. The van der Waals surface area contributed by atoms with Crippen LogP contribution in [0.3, 0.4) is 0 Å². The van der Waals surface area contributed by atoms with Crippen LogP contribution in [0, 0.1) is 22.7 Å². The highest BCUT2D eigenvalue weighted by atomic mass is 14.6. The molecule has 86 valence electrons. The average molecular weight is 206 g/mol. The highest BCUT2D eigenvalue weighted by Gasteiger charge is 2.53. The molecule has 0 aromatic rings. The van der Waals surface area contributed by atoms with Crippen LogP contribution in [0.2, 0.25) is 0 Å². The molecule has 0 N–H and O–H groups in total. The van der Waals surface area contributed by atoms with E-state index < -0.39 is 0 Å². The number of hydrogen-bond donors (Lipinski definition) is 0. The van der Waals surface area contributed by atoms with E-state index in [1.165, 1.54) is 25.7 Å². The van der Waals surface area contributed by atoms with Crippen molar-refractivity contribution < 1.29 is 0 Å². The second kappa shape index (κ2) is 3.37. The fourth-order valence-electron chi connectivity index (χ4n) is 4.38. The van der Waals surface area contributed by atoms with Crippen LogP contribution in [0.4, 0.5) is 0 Å². The van der Waals surface area contributed by atoms with E-state index in [0.29, 0.717) is 10.8 Å². The predicted octanol–water partition coefficient (Wildman–Crippen LogP) is 4.81. The molecular weight excluding hydrogens is 180 g/mol. The Hall–Kier alpha value is -0.260. The lowest BCUT2D eigenvalue weighted by Crippen LogP contribution is -2.42.